The standard InChI is InChI=1S/C13H19NO3/c1-5-11-8-10(6-7-12(11)16-3)9-14(2)13(15)17-4/h6-8H,5,9H2,1-4H3. The molecule has 0 aliphatic rings. The zero-order valence-electron chi connectivity index (χ0n) is 10.8. The first-order valence-corrected chi connectivity index (χ1v) is 5.57. The van der Waals surface area contributed by atoms with Gasteiger partial charge in [0.2, 0.25) is 0 Å². The Bertz CT molecular complexity index is 390. The quantitative estimate of drug-likeness (QED) is 0.807. The first kappa shape index (κ1) is 13.4. The molecule has 0 N–H and O–H groups in total. The largest absolute Gasteiger partial charge is 0.496 e. The number of benzene rings is 1. The van der Waals surface area contributed by atoms with Crippen LogP contribution in [0.15, 0.2) is 18.2 Å². The lowest BCUT2D eigenvalue weighted by Gasteiger charge is -2.16. The van der Waals surface area contributed by atoms with Gasteiger partial charge in [-0.3, -0.25) is 0 Å². The normalized spacial score (nSPS) is 9.88. The van der Waals surface area contributed by atoms with E-state index in [1.807, 2.05) is 12.1 Å². The minimum absolute atomic E-state index is 0.334. The first-order valence-electron chi connectivity index (χ1n) is 5.57. The van der Waals surface area contributed by atoms with Crippen LogP contribution in [-0.2, 0) is 17.7 Å². The van der Waals surface area contributed by atoms with Gasteiger partial charge in [-0.2, -0.15) is 0 Å². The van der Waals surface area contributed by atoms with Crippen LogP contribution in [0, 0.1) is 0 Å². The molecule has 0 saturated carbocycles. The SMILES string of the molecule is CCc1cc(CN(C)C(=O)OC)ccc1OC. The number of carbonyl (C=O) groups excluding carboxylic acids is 1. The fourth-order valence-corrected chi connectivity index (χ4v) is 1.70. The Morgan fingerprint density at radius 3 is 2.59 bits per heavy atom. The number of hydrogen-bond donors (Lipinski definition) is 0. The molecule has 17 heavy (non-hydrogen) atoms. The number of ether oxygens (including phenoxy) is 2. The third-order valence-electron chi connectivity index (χ3n) is 2.63. The van der Waals surface area contributed by atoms with E-state index in [9.17, 15) is 4.79 Å². The molecule has 1 aromatic rings. The van der Waals surface area contributed by atoms with Crippen LogP contribution in [0.4, 0.5) is 4.79 Å². The maximum absolute atomic E-state index is 11.3. The summed E-state index contributed by atoms with van der Waals surface area (Å²) in [5.74, 6) is 0.886. The highest BCUT2D eigenvalue weighted by molar-refractivity contribution is 5.67. The molecule has 0 atom stereocenters. The Hall–Kier alpha value is -1.71. The molecular formula is C13H19NO3. The van der Waals surface area contributed by atoms with Crippen LogP contribution < -0.4 is 4.74 Å². The van der Waals surface area contributed by atoms with Crippen molar-refractivity contribution in [3.8, 4) is 5.75 Å². The maximum atomic E-state index is 11.3. The zero-order valence-corrected chi connectivity index (χ0v) is 10.8. The lowest BCUT2D eigenvalue weighted by Crippen LogP contribution is -2.25. The number of nitrogens with zero attached hydrogens (tertiary/aromatic N) is 1. The lowest BCUT2D eigenvalue weighted by molar-refractivity contribution is 0.131. The van der Waals surface area contributed by atoms with Crippen LogP contribution in [0.25, 0.3) is 0 Å². The van der Waals surface area contributed by atoms with Crippen LogP contribution in [0.1, 0.15) is 18.1 Å². The molecule has 0 heterocycles. The Morgan fingerprint density at radius 2 is 2.06 bits per heavy atom. The fourth-order valence-electron chi connectivity index (χ4n) is 1.70. The molecule has 1 aromatic carbocycles. The summed E-state index contributed by atoms with van der Waals surface area (Å²) >= 11 is 0. The average Bonchev–Trinajstić information content (AvgIpc) is 2.37. The minimum atomic E-state index is -0.334. The predicted molar refractivity (Wildman–Crippen MR) is 66.2 cm³/mol. The van der Waals surface area contributed by atoms with Crippen molar-refractivity contribution in [1.29, 1.82) is 0 Å². The van der Waals surface area contributed by atoms with Crippen LogP contribution >= 0.6 is 0 Å². The second kappa shape index (κ2) is 6.13. The van der Waals surface area contributed by atoms with Gasteiger partial charge in [-0.1, -0.05) is 19.1 Å². The Kier molecular flexibility index (Phi) is 4.82. The van der Waals surface area contributed by atoms with Crippen molar-refractivity contribution < 1.29 is 14.3 Å². The van der Waals surface area contributed by atoms with Gasteiger partial charge in [-0.05, 0) is 23.6 Å². The molecule has 1 rings (SSSR count). The number of amides is 1. The third kappa shape index (κ3) is 3.37. The van der Waals surface area contributed by atoms with E-state index in [1.165, 1.54) is 12.0 Å². The molecule has 0 radical (unpaired) electrons. The third-order valence-corrected chi connectivity index (χ3v) is 2.63. The molecule has 0 aromatic heterocycles. The number of methoxy groups -OCH3 is 2. The van der Waals surface area contributed by atoms with Crippen molar-refractivity contribution in [2.45, 2.75) is 19.9 Å². The molecule has 1 amide bonds. The lowest BCUT2D eigenvalue weighted by atomic mass is 10.1. The van der Waals surface area contributed by atoms with E-state index < -0.39 is 0 Å². The monoisotopic (exact) mass is 237 g/mol. The summed E-state index contributed by atoms with van der Waals surface area (Å²) in [5.41, 5.74) is 2.21. The molecule has 0 saturated heterocycles. The number of carbonyl (C=O) groups is 1. The molecule has 4 heteroatoms. The molecule has 0 fully saturated rings. The van der Waals surface area contributed by atoms with Gasteiger partial charge in [0.25, 0.3) is 0 Å². The zero-order chi connectivity index (χ0) is 12.8. The first-order chi connectivity index (χ1) is 8.12. The van der Waals surface area contributed by atoms with Gasteiger partial charge in [0.05, 0.1) is 14.2 Å². The van der Waals surface area contributed by atoms with Gasteiger partial charge in [0.15, 0.2) is 0 Å². The molecule has 0 aliphatic carbocycles. The highest BCUT2D eigenvalue weighted by Crippen LogP contribution is 2.21. The topological polar surface area (TPSA) is 38.8 Å². The Balaban J connectivity index is 2.82. The van der Waals surface area contributed by atoms with Crippen LogP contribution in [-0.4, -0.2) is 32.3 Å². The van der Waals surface area contributed by atoms with Crippen molar-refractivity contribution in [2.75, 3.05) is 21.3 Å². The summed E-state index contributed by atoms with van der Waals surface area (Å²) in [4.78, 5) is 12.8. The summed E-state index contributed by atoms with van der Waals surface area (Å²) in [6, 6.07) is 5.94. The van der Waals surface area contributed by atoms with E-state index in [4.69, 9.17) is 4.74 Å². The van der Waals surface area contributed by atoms with Crippen LogP contribution in [0.3, 0.4) is 0 Å². The molecule has 94 valence electrons. The minimum Gasteiger partial charge on any atom is -0.496 e. The predicted octanol–water partition coefficient (Wildman–Crippen LogP) is 2.46. The smallest absolute Gasteiger partial charge is 0.409 e. The van der Waals surface area contributed by atoms with Crippen molar-refractivity contribution in [3.63, 3.8) is 0 Å². The van der Waals surface area contributed by atoms with Gasteiger partial charge in [-0.25, -0.2) is 4.79 Å². The summed E-state index contributed by atoms with van der Waals surface area (Å²) < 4.78 is 9.91. The maximum Gasteiger partial charge on any atom is 0.409 e. The van der Waals surface area contributed by atoms with Gasteiger partial charge >= 0.3 is 6.09 Å². The number of hydrogen-bond acceptors (Lipinski definition) is 3. The van der Waals surface area contributed by atoms with E-state index in [0.29, 0.717) is 6.54 Å². The van der Waals surface area contributed by atoms with E-state index in [-0.39, 0.29) is 6.09 Å². The molecule has 0 aliphatic heterocycles. The average molecular weight is 237 g/mol. The Morgan fingerprint density at radius 1 is 1.35 bits per heavy atom. The summed E-state index contributed by atoms with van der Waals surface area (Å²) in [6.07, 6.45) is 0.567. The van der Waals surface area contributed by atoms with E-state index in [1.54, 1.807) is 14.2 Å². The molecular weight excluding hydrogens is 218 g/mol. The van der Waals surface area contributed by atoms with Gasteiger partial charge in [0, 0.05) is 13.6 Å². The number of rotatable bonds is 4. The van der Waals surface area contributed by atoms with E-state index in [0.717, 1.165) is 23.3 Å². The van der Waals surface area contributed by atoms with Crippen molar-refractivity contribution in [2.24, 2.45) is 0 Å². The molecule has 0 bridgehead atoms. The van der Waals surface area contributed by atoms with E-state index in [2.05, 4.69) is 17.7 Å². The second-order valence-corrected chi connectivity index (χ2v) is 3.83. The summed E-state index contributed by atoms with van der Waals surface area (Å²) in [6.45, 7) is 2.61. The molecule has 0 spiro atoms. The summed E-state index contributed by atoms with van der Waals surface area (Å²) in [5, 5.41) is 0. The second-order valence-electron chi connectivity index (χ2n) is 3.83. The van der Waals surface area contributed by atoms with Gasteiger partial charge < -0.3 is 14.4 Å². The fraction of sp³-hybridized carbons (Fsp3) is 0.462. The van der Waals surface area contributed by atoms with Crippen molar-refractivity contribution in [3.05, 3.63) is 29.3 Å². The van der Waals surface area contributed by atoms with Crippen LogP contribution in [0.2, 0.25) is 0 Å². The molecule has 4 nitrogen and oxygen atoms in total. The molecule has 0 unspecified atom stereocenters. The van der Waals surface area contributed by atoms with Gasteiger partial charge in [0.1, 0.15) is 5.75 Å². The highest BCUT2D eigenvalue weighted by atomic mass is 16.5. The van der Waals surface area contributed by atoms with E-state index >= 15 is 0 Å². The Labute approximate surface area is 102 Å². The van der Waals surface area contributed by atoms with Gasteiger partial charge in [-0.15, -0.1) is 0 Å². The summed E-state index contributed by atoms with van der Waals surface area (Å²) in [7, 11) is 4.75. The number of aryl methyl sites for hydroxylation is 1. The van der Waals surface area contributed by atoms with Crippen LogP contribution in [0.5, 0.6) is 5.75 Å². The van der Waals surface area contributed by atoms with Crippen molar-refractivity contribution in [1.82, 2.24) is 4.90 Å². The highest BCUT2D eigenvalue weighted by Gasteiger charge is 2.10. The van der Waals surface area contributed by atoms with Crippen molar-refractivity contribution >= 4 is 6.09 Å².